The van der Waals surface area contributed by atoms with E-state index in [1.54, 1.807) is 43.3 Å². The van der Waals surface area contributed by atoms with E-state index in [0.29, 0.717) is 5.75 Å². The van der Waals surface area contributed by atoms with Gasteiger partial charge in [0.15, 0.2) is 11.6 Å². The Morgan fingerprint density at radius 2 is 1.85 bits per heavy atom. The van der Waals surface area contributed by atoms with Crippen LogP contribution in [-0.4, -0.2) is 12.2 Å². The van der Waals surface area contributed by atoms with Gasteiger partial charge in [-0.15, -0.1) is 0 Å². The summed E-state index contributed by atoms with van der Waals surface area (Å²) in [5.74, 6) is 0.485. The first kappa shape index (κ1) is 14.3. The Kier molecular flexibility index (Phi) is 4.58. The molecule has 0 spiro atoms. The summed E-state index contributed by atoms with van der Waals surface area (Å²) < 4.78 is 23.9. The highest BCUT2D eigenvalue weighted by Gasteiger charge is 2.05. The molecule has 1 N–H and O–H groups in total. The van der Waals surface area contributed by atoms with Crippen molar-refractivity contribution in [3.05, 3.63) is 59.4 Å². The number of aliphatic hydroxyl groups is 1. The topological polar surface area (TPSA) is 38.7 Å². The molecule has 1 unspecified atom stereocenters. The summed E-state index contributed by atoms with van der Waals surface area (Å²) in [5, 5.41) is 9.41. The van der Waals surface area contributed by atoms with Crippen LogP contribution in [0.4, 0.5) is 4.39 Å². The van der Waals surface area contributed by atoms with Crippen molar-refractivity contribution in [1.82, 2.24) is 0 Å². The summed E-state index contributed by atoms with van der Waals surface area (Å²) in [4.78, 5) is 0. The van der Waals surface area contributed by atoms with Crippen LogP contribution in [0.3, 0.4) is 0 Å². The second kappa shape index (κ2) is 6.39. The van der Waals surface area contributed by atoms with Gasteiger partial charge in [0.2, 0.25) is 0 Å². The quantitative estimate of drug-likeness (QED) is 0.908. The highest BCUT2D eigenvalue weighted by Crippen LogP contribution is 2.21. The molecular weight excluding hydrogens is 259 g/mol. The van der Waals surface area contributed by atoms with E-state index in [-0.39, 0.29) is 12.4 Å². The molecule has 0 aliphatic carbocycles. The highest BCUT2D eigenvalue weighted by atomic mass is 19.1. The van der Waals surface area contributed by atoms with Gasteiger partial charge in [-0.3, -0.25) is 0 Å². The van der Waals surface area contributed by atoms with E-state index in [9.17, 15) is 9.50 Å². The fraction of sp³-hybridized carbons (Fsp3) is 0.250. The average molecular weight is 276 g/mol. The van der Waals surface area contributed by atoms with Crippen LogP contribution in [0, 0.1) is 5.82 Å². The first-order chi connectivity index (χ1) is 9.60. The number of ether oxygens (including phenoxy) is 2. The van der Waals surface area contributed by atoms with Gasteiger partial charge < -0.3 is 14.6 Å². The van der Waals surface area contributed by atoms with Crippen molar-refractivity contribution >= 4 is 0 Å². The lowest BCUT2D eigenvalue weighted by atomic mass is 10.1. The Bertz CT molecular complexity index is 564. The minimum atomic E-state index is -0.500. The summed E-state index contributed by atoms with van der Waals surface area (Å²) in [6, 6.07) is 11.9. The van der Waals surface area contributed by atoms with Crippen molar-refractivity contribution in [3.8, 4) is 11.5 Å². The Morgan fingerprint density at radius 3 is 2.40 bits per heavy atom. The zero-order chi connectivity index (χ0) is 14.5. The molecular formula is C16H17FO3. The number of aliphatic hydroxyl groups excluding tert-OH is 1. The molecule has 106 valence electrons. The second-order valence-electron chi connectivity index (χ2n) is 4.50. The van der Waals surface area contributed by atoms with E-state index < -0.39 is 11.9 Å². The van der Waals surface area contributed by atoms with E-state index in [2.05, 4.69) is 0 Å². The van der Waals surface area contributed by atoms with Crippen molar-refractivity contribution in [2.45, 2.75) is 19.6 Å². The predicted molar refractivity (Wildman–Crippen MR) is 74.4 cm³/mol. The first-order valence-corrected chi connectivity index (χ1v) is 6.33. The first-order valence-electron chi connectivity index (χ1n) is 6.33. The molecule has 0 amide bonds. The fourth-order valence-corrected chi connectivity index (χ4v) is 1.81. The summed E-state index contributed by atoms with van der Waals surface area (Å²) in [7, 11) is 1.43. The maximum atomic E-state index is 13.5. The lowest BCUT2D eigenvalue weighted by Crippen LogP contribution is -1.98. The van der Waals surface area contributed by atoms with Crippen LogP contribution in [0.25, 0.3) is 0 Å². The number of halogens is 1. The zero-order valence-electron chi connectivity index (χ0n) is 11.5. The maximum absolute atomic E-state index is 13.5. The number of hydrogen-bond acceptors (Lipinski definition) is 3. The van der Waals surface area contributed by atoms with E-state index in [1.165, 1.54) is 13.2 Å². The van der Waals surface area contributed by atoms with Crippen molar-refractivity contribution in [1.29, 1.82) is 0 Å². The molecule has 2 aromatic rings. The molecule has 0 fully saturated rings. The molecule has 2 rings (SSSR count). The summed E-state index contributed by atoms with van der Waals surface area (Å²) in [6.07, 6.45) is -0.500. The normalized spacial score (nSPS) is 12.0. The van der Waals surface area contributed by atoms with Gasteiger partial charge in [0.05, 0.1) is 13.2 Å². The van der Waals surface area contributed by atoms with Crippen molar-refractivity contribution in [2.75, 3.05) is 7.11 Å². The molecule has 0 bridgehead atoms. The second-order valence-corrected chi connectivity index (χ2v) is 4.50. The van der Waals surface area contributed by atoms with E-state index in [1.807, 2.05) is 0 Å². The van der Waals surface area contributed by atoms with Gasteiger partial charge in [-0.2, -0.15) is 0 Å². The predicted octanol–water partition coefficient (Wildman–Crippen LogP) is 3.47. The molecule has 1 atom stereocenters. The lowest BCUT2D eigenvalue weighted by molar-refractivity contribution is 0.199. The zero-order valence-corrected chi connectivity index (χ0v) is 11.5. The van der Waals surface area contributed by atoms with Gasteiger partial charge in [-0.1, -0.05) is 18.2 Å². The lowest BCUT2D eigenvalue weighted by Gasteiger charge is -2.09. The largest absolute Gasteiger partial charge is 0.494 e. The van der Waals surface area contributed by atoms with Crippen LogP contribution < -0.4 is 9.47 Å². The molecule has 0 saturated carbocycles. The fourth-order valence-electron chi connectivity index (χ4n) is 1.81. The van der Waals surface area contributed by atoms with Crippen LogP contribution >= 0.6 is 0 Å². The summed E-state index contributed by atoms with van der Waals surface area (Å²) in [5.41, 5.74) is 1.55. The van der Waals surface area contributed by atoms with Gasteiger partial charge in [-0.25, -0.2) is 4.39 Å². The van der Waals surface area contributed by atoms with Crippen LogP contribution in [0.2, 0.25) is 0 Å². The van der Waals surface area contributed by atoms with Crippen LogP contribution in [0.15, 0.2) is 42.5 Å². The molecule has 2 aromatic carbocycles. The van der Waals surface area contributed by atoms with Gasteiger partial charge in [0, 0.05) is 0 Å². The van der Waals surface area contributed by atoms with E-state index in [0.717, 1.165) is 11.1 Å². The Balaban J connectivity index is 1.99. The summed E-state index contributed by atoms with van der Waals surface area (Å²) in [6.45, 7) is 1.98. The minimum absolute atomic E-state index is 0.218. The summed E-state index contributed by atoms with van der Waals surface area (Å²) >= 11 is 0. The maximum Gasteiger partial charge on any atom is 0.165 e. The van der Waals surface area contributed by atoms with Crippen LogP contribution in [0.5, 0.6) is 11.5 Å². The Morgan fingerprint density at radius 1 is 1.15 bits per heavy atom. The van der Waals surface area contributed by atoms with Crippen molar-refractivity contribution in [2.24, 2.45) is 0 Å². The molecule has 0 saturated heterocycles. The van der Waals surface area contributed by atoms with Gasteiger partial charge in [-0.05, 0) is 42.3 Å². The Labute approximate surface area is 117 Å². The number of hydrogen-bond donors (Lipinski definition) is 1. The SMILES string of the molecule is COc1ccc(COc2ccc(C(C)O)cc2)cc1F. The van der Waals surface area contributed by atoms with Crippen molar-refractivity contribution in [3.63, 3.8) is 0 Å². The van der Waals surface area contributed by atoms with E-state index in [4.69, 9.17) is 9.47 Å². The highest BCUT2D eigenvalue weighted by molar-refractivity contribution is 5.31. The molecule has 20 heavy (non-hydrogen) atoms. The average Bonchev–Trinajstić information content (AvgIpc) is 2.45. The number of benzene rings is 2. The number of methoxy groups -OCH3 is 1. The van der Waals surface area contributed by atoms with Gasteiger partial charge in [0.25, 0.3) is 0 Å². The number of rotatable bonds is 5. The third kappa shape index (κ3) is 3.48. The monoisotopic (exact) mass is 276 g/mol. The third-order valence-electron chi connectivity index (χ3n) is 2.98. The van der Waals surface area contributed by atoms with Crippen LogP contribution in [-0.2, 0) is 6.61 Å². The smallest absolute Gasteiger partial charge is 0.165 e. The molecule has 4 heteroatoms. The van der Waals surface area contributed by atoms with Crippen molar-refractivity contribution < 1.29 is 19.0 Å². The van der Waals surface area contributed by atoms with Crippen LogP contribution in [0.1, 0.15) is 24.2 Å². The standard InChI is InChI=1S/C16H17FO3/c1-11(18)13-4-6-14(7-5-13)20-10-12-3-8-16(19-2)15(17)9-12/h3-9,11,18H,10H2,1-2H3. The molecule has 0 aliphatic heterocycles. The van der Waals surface area contributed by atoms with E-state index >= 15 is 0 Å². The third-order valence-corrected chi connectivity index (χ3v) is 2.98. The molecule has 3 nitrogen and oxygen atoms in total. The Hall–Kier alpha value is -2.07. The molecule has 0 aromatic heterocycles. The molecule has 0 radical (unpaired) electrons. The van der Waals surface area contributed by atoms with Gasteiger partial charge >= 0.3 is 0 Å². The van der Waals surface area contributed by atoms with Gasteiger partial charge in [0.1, 0.15) is 12.4 Å². The molecule has 0 heterocycles. The molecule has 0 aliphatic rings. The minimum Gasteiger partial charge on any atom is -0.494 e.